The minimum absolute atomic E-state index is 0.0742. The molecule has 0 aliphatic carbocycles. The van der Waals surface area contributed by atoms with Crippen molar-refractivity contribution in [3.8, 4) is 0 Å². The van der Waals surface area contributed by atoms with Crippen molar-refractivity contribution in [1.82, 2.24) is 41.3 Å². The van der Waals surface area contributed by atoms with Crippen LogP contribution in [0.25, 0.3) is 0 Å². The van der Waals surface area contributed by atoms with Crippen molar-refractivity contribution in [3.05, 3.63) is 0 Å². The molecule has 4 heterocycles. The third-order valence-corrected chi connectivity index (χ3v) is 12.1. The van der Waals surface area contributed by atoms with Crippen molar-refractivity contribution in [3.63, 3.8) is 0 Å². The second-order valence-electron chi connectivity index (χ2n) is 16.9. The molecule has 0 spiro atoms. The molecule has 0 bridgehead atoms. The van der Waals surface area contributed by atoms with Gasteiger partial charge in [0.2, 0.25) is 23.5 Å². The van der Waals surface area contributed by atoms with Crippen LogP contribution in [0.2, 0.25) is 0 Å². The predicted octanol–water partition coefficient (Wildman–Crippen LogP) is -0.842. The van der Waals surface area contributed by atoms with Crippen LogP contribution in [0.4, 0.5) is 0 Å². The summed E-state index contributed by atoms with van der Waals surface area (Å²) in [4.78, 5) is 98.8. The number of ether oxygens (including phenoxy) is 2. The summed E-state index contributed by atoms with van der Waals surface area (Å²) in [6.07, 6.45) is 2.24. The van der Waals surface area contributed by atoms with E-state index in [1.165, 1.54) is 14.1 Å². The van der Waals surface area contributed by atoms with E-state index in [1.807, 2.05) is 6.92 Å². The molecule has 328 valence electrons. The number of rotatable bonds is 8. The lowest BCUT2D eigenvalue weighted by molar-refractivity contribution is -0.329. The molecule has 58 heavy (non-hydrogen) atoms. The van der Waals surface area contributed by atoms with Crippen molar-refractivity contribution in [2.45, 2.75) is 141 Å². The van der Waals surface area contributed by atoms with Gasteiger partial charge in [0.15, 0.2) is 5.60 Å². The van der Waals surface area contributed by atoms with E-state index in [4.69, 9.17) is 9.47 Å². The van der Waals surface area contributed by atoms with Crippen LogP contribution in [0.5, 0.6) is 0 Å². The molecule has 0 aromatic carbocycles. The molecular formula is C39H66N8O11. The van der Waals surface area contributed by atoms with Gasteiger partial charge in [-0.15, -0.1) is 0 Å². The molecule has 0 saturated carbocycles. The lowest BCUT2D eigenvalue weighted by Gasteiger charge is -2.48. The second kappa shape index (κ2) is 19.9. The Kier molecular flexibility index (Phi) is 16.0. The van der Waals surface area contributed by atoms with Gasteiger partial charge in [0.05, 0.1) is 19.2 Å². The maximum atomic E-state index is 14.9. The van der Waals surface area contributed by atoms with Crippen molar-refractivity contribution >= 4 is 41.4 Å². The molecule has 0 aromatic rings. The Morgan fingerprint density at radius 3 is 2.12 bits per heavy atom. The highest BCUT2D eigenvalue weighted by Crippen LogP contribution is 2.41. The Labute approximate surface area is 341 Å². The quantitative estimate of drug-likeness (QED) is 0.164. The summed E-state index contributed by atoms with van der Waals surface area (Å²) < 4.78 is 12.0. The van der Waals surface area contributed by atoms with E-state index < -0.39 is 109 Å². The normalized spacial score (nSPS) is 31.9. The van der Waals surface area contributed by atoms with Gasteiger partial charge in [-0.1, -0.05) is 41.0 Å². The molecule has 19 nitrogen and oxygen atoms in total. The minimum atomic E-state index is -2.61. The standard InChI is InChI=1S/C39H66N8O11/c1-9-24(5)19-25-15-16-39(56,58-28(25)10-2)38(6,55)37(54)43-32-33(23(3)4)57-31(50)22-45(8)30(49)21-44(7)29(48)20-40-34(51)26-13-11-17-41-46(26)35(52)27-14-12-18-42-47(27)36(32)53/h23-28,32-33,41-42,55-56H,9-22H2,1-8H3,(H,40,51)(H,43,54)/t24?,25-,26-,27-,28-,32-,33?,38?,39?/m0/s1. The molecule has 6 N–H and O–H groups in total. The summed E-state index contributed by atoms with van der Waals surface area (Å²) in [7, 11) is 2.70. The highest BCUT2D eigenvalue weighted by Gasteiger charge is 2.57. The summed E-state index contributed by atoms with van der Waals surface area (Å²) in [5.41, 5.74) is 3.31. The molecule has 4 aliphatic rings. The third kappa shape index (κ3) is 10.6. The van der Waals surface area contributed by atoms with Crippen molar-refractivity contribution in [2.24, 2.45) is 17.8 Å². The topological polar surface area (TPSA) is 239 Å². The van der Waals surface area contributed by atoms with Gasteiger partial charge in [-0.2, -0.15) is 0 Å². The Morgan fingerprint density at radius 2 is 1.52 bits per heavy atom. The van der Waals surface area contributed by atoms with Crippen LogP contribution in [-0.4, -0.2) is 160 Å². The van der Waals surface area contributed by atoms with Gasteiger partial charge in [0.1, 0.15) is 30.8 Å². The van der Waals surface area contributed by atoms with Crippen LogP contribution in [0.15, 0.2) is 0 Å². The SMILES string of the molecule is CCC(C)C[C@@H]1CCC(O)(C(C)(O)C(=O)N[C@@H]2C(=O)N3NCCC[C@H]3C(=O)N3NCCC[C@H]3C(=O)NCC(=O)N(C)CC(=O)N(C)CC(=O)OC2C(C)C)O[C@H]1CC. The lowest BCUT2D eigenvalue weighted by Crippen LogP contribution is -2.71. The first-order valence-electron chi connectivity index (χ1n) is 20.8. The largest absolute Gasteiger partial charge is 0.458 e. The predicted molar refractivity (Wildman–Crippen MR) is 208 cm³/mol. The Morgan fingerprint density at radius 1 is 0.914 bits per heavy atom. The van der Waals surface area contributed by atoms with Gasteiger partial charge >= 0.3 is 5.97 Å². The molecule has 0 aromatic heterocycles. The number of carbonyl (C=O) groups excluding carboxylic acids is 7. The molecule has 4 saturated heterocycles. The number of cyclic esters (lactones) is 1. The van der Waals surface area contributed by atoms with Crippen LogP contribution >= 0.6 is 0 Å². The number of fused-ring (bicyclic) bond motifs is 2. The number of likely N-dealkylation sites (N-methyl/N-ethyl adjacent to an activating group) is 2. The van der Waals surface area contributed by atoms with E-state index >= 15 is 0 Å². The highest BCUT2D eigenvalue weighted by atomic mass is 16.6. The number of nitrogens with zero attached hydrogens (tertiary/aromatic N) is 4. The molecule has 4 aliphatic heterocycles. The second-order valence-corrected chi connectivity index (χ2v) is 16.9. The molecule has 6 amide bonds. The fraction of sp³-hybridized carbons (Fsp3) is 0.821. The van der Waals surface area contributed by atoms with Gasteiger partial charge < -0.3 is 40.1 Å². The molecule has 19 heteroatoms. The van der Waals surface area contributed by atoms with Gasteiger partial charge in [-0.25, -0.2) is 10.9 Å². The smallest absolute Gasteiger partial charge is 0.325 e. The average molecular weight is 823 g/mol. The maximum absolute atomic E-state index is 14.9. The summed E-state index contributed by atoms with van der Waals surface area (Å²) in [6.45, 7) is 9.64. The molecule has 4 rings (SSSR count). The lowest BCUT2D eigenvalue weighted by atomic mass is 9.78. The Balaban J connectivity index is 1.74. The van der Waals surface area contributed by atoms with Crippen molar-refractivity contribution in [1.29, 1.82) is 0 Å². The van der Waals surface area contributed by atoms with Crippen LogP contribution in [0.1, 0.15) is 99.3 Å². The summed E-state index contributed by atoms with van der Waals surface area (Å²) in [6, 6.07) is -3.99. The van der Waals surface area contributed by atoms with E-state index in [9.17, 15) is 43.8 Å². The fourth-order valence-corrected chi connectivity index (χ4v) is 8.06. The number of esters is 1. The number of aliphatic hydroxyl groups is 2. The Hall–Kier alpha value is -3.91. The average Bonchev–Trinajstić information content (AvgIpc) is 3.20. The zero-order valence-corrected chi connectivity index (χ0v) is 35.4. The molecule has 0 radical (unpaired) electrons. The summed E-state index contributed by atoms with van der Waals surface area (Å²) in [5.74, 6) is -8.00. The number of hydrazine groups is 2. The summed E-state index contributed by atoms with van der Waals surface area (Å²) in [5, 5.41) is 31.1. The minimum Gasteiger partial charge on any atom is -0.458 e. The van der Waals surface area contributed by atoms with Crippen LogP contribution < -0.4 is 21.5 Å². The third-order valence-electron chi connectivity index (χ3n) is 12.1. The van der Waals surface area contributed by atoms with E-state index in [-0.39, 0.29) is 31.7 Å². The van der Waals surface area contributed by atoms with Gasteiger partial charge in [-0.3, -0.25) is 43.6 Å². The number of hydrogen-bond acceptors (Lipinski definition) is 13. The van der Waals surface area contributed by atoms with Crippen molar-refractivity contribution < 1.29 is 53.2 Å². The zero-order chi connectivity index (χ0) is 43.1. The summed E-state index contributed by atoms with van der Waals surface area (Å²) >= 11 is 0. The van der Waals surface area contributed by atoms with E-state index in [0.717, 1.165) is 39.6 Å². The van der Waals surface area contributed by atoms with E-state index in [2.05, 4.69) is 35.3 Å². The molecule has 4 unspecified atom stereocenters. The van der Waals surface area contributed by atoms with Crippen molar-refractivity contribution in [2.75, 3.05) is 46.8 Å². The van der Waals surface area contributed by atoms with Crippen LogP contribution in [-0.2, 0) is 43.0 Å². The molecular weight excluding hydrogens is 756 g/mol. The van der Waals surface area contributed by atoms with Crippen LogP contribution in [0, 0.1) is 17.8 Å². The first-order valence-corrected chi connectivity index (χ1v) is 20.8. The van der Waals surface area contributed by atoms with Gasteiger partial charge in [-0.05, 0) is 69.6 Å². The Bertz CT molecular complexity index is 1530. The molecule has 4 fully saturated rings. The maximum Gasteiger partial charge on any atom is 0.325 e. The zero-order valence-electron chi connectivity index (χ0n) is 35.4. The van der Waals surface area contributed by atoms with E-state index in [1.54, 1.807) is 13.8 Å². The number of nitrogens with one attached hydrogen (secondary N) is 4. The number of amides is 6. The van der Waals surface area contributed by atoms with Gasteiger partial charge in [0.25, 0.3) is 17.7 Å². The fourth-order valence-electron chi connectivity index (χ4n) is 8.06. The number of hydrogen-bond donors (Lipinski definition) is 6. The van der Waals surface area contributed by atoms with Gasteiger partial charge in [0, 0.05) is 33.6 Å². The number of carbonyl (C=O) groups is 7. The van der Waals surface area contributed by atoms with Crippen LogP contribution in [0.3, 0.4) is 0 Å². The first kappa shape index (κ1) is 46.8. The monoisotopic (exact) mass is 822 g/mol. The molecule has 9 atom stereocenters. The first-order chi connectivity index (χ1) is 27.3. The van der Waals surface area contributed by atoms with E-state index in [0.29, 0.717) is 38.1 Å². The highest BCUT2D eigenvalue weighted by molar-refractivity contribution is 5.97.